The molecule has 0 bridgehead atoms. The number of amidine groups is 2. The van der Waals surface area contributed by atoms with Crippen LogP contribution in [0.15, 0.2) is 173 Å². The Morgan fingerprint density at radius 1 is 0.672 bits per heavy atom. The summed E-state index contributed by atoms with van der Waals surface area (Å²) in [4.78, 5) is 16.1. The molecule has 5 nitrogen and oxygen atoms in total. The first-order valence-electron chi connectivity index (χ1n) is 21.5. The van der Waals surface area contributed by atoms with Gasteiger partial charge in [0.2, 0.25) is 0 Å². The number of fused-ring (bicyclic) bond motifs is 8. The minimum atomic E-state index is -0.216. The molecule has 0 aromatic heterocycles. The van der Waals surface area contributed by atoms with Crippen LogP contribution in [0.3, 0.4) is 0 Å². The molecule has 0 spiro atoms. The van der Waals surface area contributed by atoms with Gasteiger partial charge in [-0.2, -0.15) is 0 Å². The Labute approximate surface area is 340 Å². The first kappa shape index (κ1) is 33.9. The Morgan fingerprint density at radius 2 is 1.45 bits per heavy atom. The second-order valence-electron chi connectivity index (χ2n) is 17.0. The van der Waals surface area contributed by atoms with Crippen molar-refractivity contribution in [3.05, 3.63) is 201 Å². The molecular formula is C53H47N5. The molecule has 1 fully saturated rings. The Bertz CT molecular complexity index is 2740. The van der Waals surface area contributed by atoms with Crippen LogP contribution >= 0.6 is 0 Å². The third-order valence-corrected chi connectivity index (χ3v) is 14.0. The van der Waals surface area contributed by atoms with Gasteiger partial charge in [-0.25, -0.2) is 9.98 Å². The molecule has 6 unspecified atom stereocenters. The summed E-state index contributed by atoms with van der Waals surface area (Å²) in [6.07, 6.45) is 17.6. The van der Waals surface area contributed by atoms with Gasteiger partial charge in [0, 0.05) is 69.0 Å². The van der Waals surface area contributed by atoms with E-state index >= 15 is 0 Å². The smallest absolute Gasteiger partial charge is 0.159 e. The van der Waals surface area contributed by atoms with Crippen molar-refractivity contribution in [2.24, 2.45) is 21.8 Å². The third kappa shape index (κ3) is 5.43. The van der Waals surface area contributed by atoms with Gasteiger partial charge in [-0.3, -0.25) is 0 Å². The summed E-state index contributed by atoms with van der Waals surface area (Å²) in [6.45, 7) is 0. The number of para-hydroxylation sites is 1. The molecule has 3 heterocycles. The highest BCUT2D eigenvalue weighted by atomic mass is 15.2. The molecule has 1 saturated heterocycles. The van der Waals surface area contributed by atoms with Gasteiger partial charge in [0.1, 0.15) is 12.0 Å². The number of aliphatic imine (C=N–C) groups is 2. The lowest BCUT2D eigenvalue weighted by atomic mass is 9.76. The van der Waals surface area contributed by atoms with Crippen LogP contribution in [0, 0.1) is 11.8 Å². The van der Waals surface area contributed by atoms with E-state index < -0.39 is 0 Å². The van der Waals surface area contributed by atoms with Gasteiger partial charge < -0.3 is 15.1 Å². The van der Waals surface area contributed by atoms with Crippen molar-refractivity contribution in [2.75, 3.05) is 4.90 Å². The first-order chi connectivity index (χ1) is 28.8. The number of anilines is 1. The van der Waals surface area contributed by atoms with Crippen molar-refractivity contribution in [3.63, 3.8) is 0 Å². The quantitative estimate of drug-likeness (QED) is 0.182. The Hall–Kier alpha value is -6.20. The van der Waals surface area contributed by atoms with Crippen LogP contribution in [0.25, 0.3) is 17.3 Å². The molecule has 0 amide bonds. The predicted molar refractivity (Wildman–Crippen MR) is 236 cm³/mol. The molecule has 58 heavy (non-hydrogen) atoms. The number of likely N-dealkylation sites (tertiary alicyclic amines) is 1. The molecule has 3 aliphatic heterocycles. The maximum Gasteiger partial charge on any atom is 0.159 e. The van der Waals surface area contributed by atoms with Crippen molar-refractivity contribution in [1.82, 2.24) is 10.2 Å². The summed E-state index contributed by atoms with van der Waals surface area (Å²) in [6, 6.07) is 49.4. The highest BCUT2D eigenvalue weighted by Crippen LogP contribution is 2.54. The number of allylic oxidation sites excluding steroid dienone is 3. The van der Waals surface area contributed by atoms with E-state index in [0.29, 0.717) is 29.8 Å². The van der Waals surface area contributed by atoms with Crippen LogP contribution < -0.4 is 20.7 Å². The average Bonchev–Trinajstić information content (AvgIpc) is 3.80. The van der Waals surface area contributed by atoms with Crippen molar-refractivity contribution in [1.29, 1.82) is 0 Å². The molecule has 5 aromatic rings. The van der Waals surface area contributed by atoms with Crippen molar-refractivity contribution in [3.8, 4) is 0 Å². The fourth-order valence-corrected chi connectivity index (χ4v) is 11.5. The molecule has 12 rings (SSSR count). The molecule has 0 saturated carbocycles. The van der Waals surface area contributed by atoms with Crippen LogP contribution in [0.1, 0.15) is 78.4 Å². The molecular weight excluding hydrogens is 707 g/mol. The summed E-state index contributed by atoms with van der Waals surface area (Å²) in [7, 11) is 0. The second-order valence-corrected chi connectivity index (χ2v) is 17.0. The van der Waals surface area contributed by atoms with Crippen molar-refractivity contribution in [2.45, 2.75) is 69.1 Å². The topological polar surface area (TPSA) is 43.2 Å². The maximum absolute atomic E-state index is 5.29. The summed E-state index contributed by atoms with van der Waals surface area (Å²) in [5, 5.41) is 6.42. The monoisotopic (exact) mass is 753 g/mol. The zero-order valence-corrected chi connectivity index (χ0v) is 32.7. The lowest BCUT2D eigenvalue weighted by Crippen LogP contribution is -2.45. The highest BCUT2D eigenvalue weighted by Gasteiger charge is 2.50. The normalized spacial score (nSPS) is 26.5. The predicted octanol–water partition coefficient (Wildman–Crippen LogP) is 9.40. The number of hydrogen-bond donors (Lipinski definition) is 1. The fraction of sp³-hybridized carbons (Fsp3) is 0.245. The summed E-state index contributed by atoms with van der Waals surface area (Å²) >= 11 is 0. The van der Waals surface area contributed by atoms with Gasteiger partial charge in [0.25, 0.3) is 0 Å². The minimum absolute atomic E-state index is 0.216. The van der Waals surface area contributed by atoms with Gasteiger partial charge in [0.15, 0.2) is 5.84 Å². The second kappa shape index (κ2) is 13.7. The van der Waals surface area contributed by atoms with Gasteiger partial charge in [-0.15, -0.1) is 0 Å². The van der Waals surface area contributed by atoms with Crippen molar-refractivity contribution >= 4 is 34.7 Å². The van der Waals surface area contributed by atoms with Gasteiger partial charge in [-0.05, 0) is 84.6 Å². The van der Waals surface area contributed by atoms with Crippen LogP contribution in [-0.4, -0.2) is 28.7 Å². The molecule has 284 valence electrons. The van der Waals surface area contributed by atoms with E-state index in [9.17, 15) is 0 Å². The van der Waals surface area contributed by atoms with Gasteiger partial charge in [0.05, 0.1) is 0 Å². The van der Waals surface area contributed by atoms with Gasteiger partial charge >= 0.3 is 0 Å². The largest absolute Gasteiger partial charge is 0.344 e. The SMILES string of the molecule is C1=CC2c3ccccc3N(C3=CC4C5Cc6ccccc6C=C5N(C5=c6ccccc6=C(C6=NC(c7ccccc7)=NC(c7ccccc7)N6)CC5)C4CC3)C2CC1. The number of nitrogens with one attached hydrogen (secondary N) is 1. The van der Waals surface area contributed by atoms with E-state index in [1.165, 1.54) is 56.2 Å². The van der Waals surface area contributed by atoms with E-state index in [1.54, 1.807) is 5.70 Å². The number of benzene rings is 5. The third-order valence-electron chi connectivity index (χ3n) is 14.0. The lowest BCUT2D eigenvalue weighted by molar-refractivity contribution is 0.312. The Morgan fingerprint density at radius 3 is 2.34 bits per heavy atom. The lowest BCUT2D eigenvalue weighted by Gasteiger charge is -2.39. The van der Waals surface area contributed by atoms with Gasteiger partial charge in [-0.1, -0.05) is 146 Å². The molecule has 4 aliphatic carbocycles. The number of hydrogen-bond acceptors (Lipinski definition) is 5. The Kier molecular flexibility index (Phi) is 8.02. The Balaban J connectivity index is 0.992. The number of rotatable bonds is 5. The number of nitrogens with zero attached hydrogens (tertiary/aromatic N) is 4. The molecule has 5 heteroatoms. The molecule has 0 radical (unpaired) electrons. The average molecular weight is 754 g/mol. The standard InChI is InChI=1S/C53H47N5/c1-3-15-34(16-4-1)51-54-52(35-17-5-2-6-18-35)56-53(55-51)43-28-30-48(40-22-10-9-21-39(40)43)58-49-29-27-38(33-45(49)44-31-36-19-7-8-20-37(36)32-50(44)58)57-46-25-13-11-23-41(46)42-24-12-14-26-47(42)57/h1-13,15-25,32-33,42,44-45,47,49,51H,14,26-31H2,(H,54,55,56). The van der Waals surface area contributed by atoms with E-state index in [4.69, 9.17) is 9.98 Å². The van der Waals surface area contributed by atoms with E-state index in [-0.39, 0.29) is 6.17 Å². The fourth-order valence-electron chi connectivity index (χ4n) is 11.5. The molecule has 5 aromatic carbocycles. The summed E-state index contributed by atoms with van der Waals surface area (Å²) in [5.74, 6) is 3.09. The van der Waals surface area contributed by atoms with Crippen molar-refractivity contribution < 1.29 is 0 Å². The van der Waals surface area contributed by atoms with E-state index in [2.05, 4.69) is 173 Å². The zero-order chi connectivity index (χ0) is 38.2. The van der Waals surface area contributed by atoms with Crippen LogP contribution in [0.4, 0.5) is 5.69 Å². The van der Waals surface area contributed by atoms with Crippen LogP contribution in [-0.2, 0) is 6.42 Å². The first-order valence-corrected chi connectivity index (χ1v) is 21.5. The maximum atomic E-state index is 5.29. The van der Waals surface area contributed by atoms with E-state index in [1.807, 2.05) is 0 Å². The molecule has 6 atom stereocenters. The molecule has 1 N–H and O–H groups in total. The summed E-state index contributed by atoms with van der Waals surface area (Å²) < 4.78 is 0. The molecule has 7 aliphatic rings. The van der Waals surface area contributed by atoms with Crippen LogP contribution in [0.5, 0.6) is 0 Å². The van der Waals surface area contributed by atoms with E-state index in [0.717, 1.165) is 61.3 Å². The minimum Gasteiger partial charge on any atom is -0.344 e. The zero-order valence-electron chi connectivity index (χ0n) is 32.7. The highest BCUT2D eigenvalue weighted by molar-refractivity contribution is 6.23. The summed E-state index contributed by atoms with van der Waals surface area (Å²) in [5.41, 5.74) is 13.8. The van der Waals surface area contributed by atoms with Crippen LogP contribution in [0.2, 0.25) is 0 Å².